The molecule has 292 valence electrons. The van der Waals surface area contributed by atoms with Gasteiger partial charge in [0.2, 0.25) is 0 Å². The number of benzene rings is 4. The fraction of sp³-hybridized carbons (Fsp3) is 0.395. The summed E-state index contributed by atoms with van der Waals surface area (Å²) in [6.45, 7) is 13.2. The van der Waals surface area contributed by atoms with Crippen molar-refractivity contribution in [3.05, 3.63) is 119 Å². The predicted octanol–water partition coefficient (Wildman–Crippen LogP) is 10.7. The standard InChI is InChI=1S/C43H50N2O6.2BrH.Ni/c1-40(2,3)38-42(28-15-11-19-32(23-28)46-7,29-16-12-20-33(24-29)47-8)50-36(44-38)27-37-45-39(41(4,5)6)43(51-37,30-17-13-21-34(25-30)48-9)31-18-14-22-35(26-31)49-10;;;/h11-26,38-39H,27H2,1-10H3;2*1H;/q;;;+2/p-2/t38-,39-;;;/m1.../s1. The van der Waals surface area contributed by atoms with Gasteiger partial charge < -0.3 is 28.4 Å². The quantitative estimate of drug-likeness (QED) is 0.148. The van der Waals surface area contributed by atoms with Crippen LogP contribution in [0.1, 0.15) is 70.2 Å². The summed E-state index contributed by atoms with van der Waals surface area (Å²) in [6.07, 6.45) is 0.254. The van der Waals surface area contributed by atoms with E-state index in [9.17, 15) is 0 Å². The van der Waals surface area contributed by atoms with Gasteiger partial charge in [-0.25, -0.2) is 9.98 Å². The normalized spacial score (nSPS) is 18.7. The van der Waals surface area contributed by atoms with Gasteiger partial charge >= 0.3 is 39.3 Å². The summed E-state index contributed by atoms with van der Waals surface area (Å²) in [7, 11) is 7.95. The number of aliphatic imine (C=N–C) groups is 2. The molecular formula is C43H50Br2N2NiO6. The molecule has 0 saturated heterocycles. The maximum atomic E-state index is 7.23. The molecule has 2 aliphatic rings. The van der Waals surface area contributed by atoms with Gasteiger partial charge in [-0.15, -0.1) is 0 Å². The molecule has 2 atom stereocenters. The summed E-state index contributed by atoms with van der Waals surface area (Å²) in [6, 6.07) is 31.5. The molecule has 0 radical (unpaired) electrons. The SMILES string of the molecule is COc1cccc(C2(c3cccc(OC)c3)OC(CC3=N[C@H](C(C)(C)C)C(c4cccc(OC)c4)(c4cccc(OC)c4)O3)=N[C@@H]2C(C)(C)C)c1.[Br][Ni][Br]. The Bertz CT molecular complexity index is 1740. The molecule has 11 heteroatoms. The summed E-state index contributed by atoms with van der Waals surface area (Å²) >= 11 is 6.00. The van der Waals surface area contributed by atoms with Crippen LogP contribution in [0.5, 0.6) is 23.0 Å². The Labute approximate surface area is 340 Å². The van der Waals surface area contributed by atoms with E-state index in [2.05, 4.69) is 94.3 Å². The molecule has 6 rings (SSSR count). The third-order valence-corrected chi connectivity index (χ3v) is 9.81. The number of hydrogen-bond acceptors (Lipinski definition) is 8. The first-order valence-electron chi connectivity index (χ1n) is 17.6. The van der Waals surface area contributed by atoms with Crippen molar-refractivity contribution in [2.75, 3.05) is 28.4 Å². The van der Waals surface area contributed by atoms with E-state index in [0.717, 1.165) is 45.3 Å². The van der Waals surface area contributed by atoms with Crippen molar-refractivity contribution in [3.63, 3.8) is 0 Å². The van der Waals surface area contributed by atoms with Gasteiger partial charge in [0.25, 0.3) is 0 Å². The van der Waals surface area contributed by atoms with Crippen LogP contribution in [-0.2, 0) is 31.6 Å². The number of rotatable bonds is 10. The Balaban J connectivity index is 0.00000181. The van der Waals surface area contributed by atoms with Crippen LogP contribution in [0.15, 0.2) is 107 Å². The minimum absolute atomic E-state index is 0.254. The average molecular weight is 909 g/mol. The van der Waals surface area contributed by atoms with Crippen LogP contribution in [-0.4, -0.2) is 52.3 Å². The number of ether oxygens (including phenoxy) is 6. The molecule has 8 nitrogen and oxygen atoms in total. The molecule has 4 aromatic rings. The van der Waals surface area contributed by atoms with Crippen molar-refractivity contribution >= 4 is 40.2 Å². The summed E-state index contributed by atoms with van der Waals surface area (Å²) in [5.41, 5.74) is 1.10. The Kier molecular flexibility index (Phi) is 13.2. The predicted molar refractivity (Wildman–Crippen MR) is 220 cm³/mol. The molecule has 0 aliphatic carbocycles. The van der Waals surface area contributed by atoms with Crippen LogP contribution in [0.2, 0.25) is 0 Å². The average Bonchev–Trinajstić information content (AvgIpc) is 3.77. The molecule has 0 unspecified atom stereocenters. The van der Waals surface area contributed by atoms with Crippen molar-refractivity contribution in [2.24, 2.45) is 20.8 Å². The first kappa shape index (κ1) is 41.6. The van der Waals surface area contributed by atoms with Crippen molar-refractivity contribution in [1.82, 2.24) is 0 Å². The molecule has 0 bridgehead atoms. The topological polar surface area (TPSA) is 80.1 Å². The van der Waals surface area contributed by atoms with Crippen LogP contribution < -0.4 is 18.9 Å². The molecule has 2 heterocycles. The Hall–Kier alpha value is -3.53. The van der Waals surface area contributed by atoms with Crippen LogP contribution in [0, 0.1) is 10.8 Å². The van der Waals surface area contributed by atoms with Gasteiger partial charge in [0.1, 0.15) is 35.1 Å². The Morgan fingerprint density at radius 3 is 1.02 bits per heavy atom. The molecule has 0 spiro atoms. The van der Waals surface area contributed by atoms with Gasteiger partial charge in [0, 0.05) is 22.3 Å². The molecule has 54 heavy (non-hydrogen) atoms. The number of nitrogens with zero attached hydrogens (tertiary/aromatic N) is 2. The van der Waals surface area contributed by atoms with Crippen molar-refractivity contribution in [1.29, 1.82) is 0 Å². The molecular weight excluding hydrogens is 859 g/mol. The fourth-order valence-corrected chi connectivity index (χ4v) is 7.52. The van der Waals surface area contributed by atoms with Gasteiger partial charge in [0.15, 0.2) is 23.0 Å². The second kappa shape index (κ2) is 17.1. The summed E-state index contributed by atoms with van der Waals surface area (Å²) < 4.78 is 37.3. The molecule has 4 aromatic carbocycles. The first-order chi connectivity index (χ1) is 25.7. The third-order valence-electron chi connectivity index (χ3n) is 9.81. The van der Waals surface area contributed by atoms with E-state index in [4.69, 9.17) is 38.4 Å². The Morgan fingerprint density at radius 2 is 0.796 bits per heavy atom. The van der Waals surface area contributed by atoms with E-state index < -0.39 is 11.2 Å². The molecule has 0 aromatic heterocycles. The zero-order valence-electron chi connectivity index (χ0n) is 32.5. The van der Waals surface area contributed by atoms with Gasteiger partial charge in [-0.05, 0) is 59.4 Å². The van der Waals surface area contributed by atoms with Gasteiger partial charge in [-0.1, -0.05) is 90.1 Å². The van der Waals surface area contributed by atoms with Gasteiger partial charge in [-0.2, -0.15) is 0 Å². The van der Waals surface area contributed by atoms with E-state index in [1.54, 1.807) is 28.4 Å². The zero-order valence-corrected chi connectivity index (χ0v) is 36.7. The minimum atomic E-state index is -0.990. The van der Waals surface area contributed by atoms with Crippen molar-refractivity contribution in [2.45, 2.75) is 71.2 Å². The van der Waals surface area contributed by atoms with Crippen LogP contribution in [0.3, 0.4) is 0 Å². The number of hydrogen-bond donors (Lipinski definition) is 0. The van der Waals surface area contributed by atoms with Gasteiger partial charge in [-0.3, -0.25) is 0 Å². The maximum absolute atomic E-state index is 7.23. The van der Waals surface area contributed by atoms with E-state index in [0.29, 0.717) is 11.8 Å². The fourth-order valence-electron chi connectivity index (χ4n) is 7.52. The third kappa shape index (κ3) is 8.34. The van der Waals surface area contributed by atoms with Crippen LogP contribution in [0.4, 0.5) is 0 Å². The second-order valence-electron chi connectivity index (χ2n) is 15.4. The molecule has 2 aliphatic heterocycles. The molecule has 0 fully saturated rings. The molecule has 0 amide bonds. The second-order valence-corrected chi connectivity index (χ2v) is 20.4. The van der Waals surface area contributed by atoms with E-state index >= 15 is 0 Å². The summed E-state index contributed by atoms with van der Waals surface area (Å²) in [5.74, 6) is 4.02. The number of methoxy groups -OCH3 is 4. The molecule has 0 N–H and O–H groups in total. The van der Waals surface area contributed by atoms with E-state index in [1.807, 2.05) is 72.8 Å². The Morgan fingerprint density at radius 1 is 0.537 bits per heavy atom. The van der Waals surface area contributed by atoms with Gasteiger partial charge in [0.05, 0.1) is 34.9 Å². The molecule has 0 saturated carbocycles. The zero-order chi connectivity index (χ0) is 39.3. The van der Waals surface area contributed by atoms with Crippen molar-refractivity contribution < 1.29 is 39.3 Å². The summed E-state index contributed by atoms with van der Waals surface area (Å²) in [5, 5.41) is 0. The number of halogens is 2. The monoisotopic (exact) mass is 906 g/mol. The van der Waals surface area contributed by atoms with Crippen molar-refractivity contribution in [3.8, 4) is 23.0 Å². The van der Waals surface area contributed by atoms with E-state index in [-0.39, 0.29) is 29.3 Å². The van der Waals surface area contributed by atoms with Crippen LogP contribution in [0.25, 0.3) is 0 Å². The van der Waals surface area contributed by atoms with E-state index in [1.165, 1.54) is 10.9 Å². The van der Waals surface area contributed by atoms with Crippen LogP contribution >= 0.6 is 28.5 Å². The first-order valence-corrected chi connectivity index (χ1v) is 22.5. The summed E-state index contributed by atoms with van der Waals surface area (Å²) in [4.78, 5) is 10.8.